The molecule has 0 saturated heterocycles. The van der Waals surface area contributed by atoms with Crippen LogP contribution in [0.4, 0.5) is 0 Å². The van der Waals surface area contributed by atoms with Gasteiger partial charge in [0.05, 0.1) is 5.69 Å². The number of aromatic hydroxyl groups is 1. The zero-order valence-electron chi connectivity index (χ0n) is 10.5. The maximum atomic E-state index is 10.0. The lowest BCUT2D eigenvalue weighted by molar-refractivity contribution is 0.477. The molecular weight excluding hydrogens is 222 g/mol. The van der Waals surface area contributed by atoms with Gasteiger partial charge in [0.25, 0.3) is 0 Å². The molecule has 3 aromatic rings. The minimum atomic E-state index is 0.318. The van der Waals surface area contributed by atoms with Gasteiger partial charge < -0.3 is 10.1 Å². The average molecular weight is 237 g/mol. The highest BCUT2D eigenvalue weighted by molar-refractivity contribution is 5.87. The molecule has 2 N–H and O–H groups in total. The third kappa shape index (κ3) is 1.76. The Labute approximate surface area is 106 Å². The van der Waals surface area contributed by atoms with Gasteiger partial charge in [-0.25, -0.2) is 0 Å². The Kier molecular flexibility index (Phi) is 2.37. The van der Waals surface area contributed by atoms with Gasteiger partial charge in [0.1, 0.15) is 5.75 Å². The summed E-state index contributed by atoms with van der Waals surface area (Å²) in [6, 6.07) is 14.1. The lowest BCUT2D eigenvalue weighted by Gasteiger charge is -2.02. The van der Waals surface area contributed by atoms with E-state index in [0.29, 0.717) is 5.75 Å². The molecule has 0 atom stereocenters. The van der Waals surface area contributed by atoms with Gasteiger partial charge in [0, 0.05) is 16.5 Å². The Bertz CT molecular complexity index is 725. The van der Waals surface area contributed by atoms with E-state index >= 15 is 0 Å². The first-order chi connectivity index (χ1) is 8.63. The van der Waals surface area contributed by atoms with Crippen molar-refractivity contribution in [2.24, 2.45) is 0 Å². The first kappa shape index (κ1) is 10.9. The second-order valence-electron chi connectivity index (χ2n) is 4.79. The van der Waals surface area contributed by atoms with Crippen LogP contribution in [0.2, 0.25) is 0 Å². The molecule has 0 aliphatic carbocycles. The number of benzene rings is 2. The van der Waals surface area contributed by atoms with Crippen LogP contribution in [0.15, 0.2) is 42.5 Å². The van der Waals surface area contributed by atoms with Gasteiger partial charge in [0.2, 0.25) is 0 Å². The fourth-order valence-electron chi connectivity index (χ4n) is 2.27. The van der Waals surface area contributed by atoms with E-state index in [4.69, 9.17) is 0 Å². The Hall–Kier alpha value is -2.22. The number of rotatable bonds is 1. The summed E-state index contributed by atoms with van der Waals surface area (Å²) < 4.78 is 0. The van der Waals surface area contributed by atoms with Crippen LogP contribution >= 0.6 is 0 Å². The van der Waals surface area contributed by atoms with Crippen molar-refractivity contribution in [2.45, 2.75) is 13.8 Å². The molecular formula is C16H15NO. The zero-order valence-corrected chi connectivity index (χ0v) is 10.5. The Morgan fingerprint density at radius 3 is 2.39 bits per heavy atom. The summed E-state index contributed by atoms with van der Waals surface area (Å²) in [4.78, 5) is 3.34. The van der Waals surface area contributed by atoms with Crippen molar-refractivity contribution in [3.63, 3.8) is 0 Å². The molecule has 2 nitrogen and oxygen atoms in total. The summed E-state index contributed by atoms with van der Waals surface area (Å²) in [5.74, 6) is 0.318. The molecule has 0 radical (unpaired) electrons. The predicted molar refractivity (Wildman–Crippen MR) is 74.9 cm³/mol. The zero-order chi connectivity index (χ0) is 12.7. The van der Waals surface area contributed by atoms with Gasteiger partial charge in [-0.1, -0.05) is 17.7 Å². The average Bonchev–Trinajstić information content (AvgIpc) is 2.71. The fourth-order valence-corrected chi connectivity index (χ4v) is 2.27. The van der Waals surface area contributed by atoms with E-state index in [-0.39, 0.29) is 0 Å². The topological polar surface area (TPSA) is 36.0 Å². The number of aryl methyl sites for hydroxylation is 2. The standard InChI is InChI=1S/C16H15NO/c1-10-4-6-14-12(7-10)9-15(17-14)13-5-3-11(2)8-16(13)18/h3-9,17-18H,1-2H3. The molecule has 0 saturated carbocycles. The highest BCUT2D eigenvalue weighted by Crippen LogP contribution is 2.31. The van der Waals surface area contributed by atoms with Crippen molar-refractivity contribution < 1.29 is 5.11 Å². The molecule has 2 heteroatoms. The third-order valence-electron chi connectivity index (χ3n) is 3.22. The van der Waals surface area contributed by atoms with Crippen LogP contribution in [0.25, 0.3) is 22.2 Å². The maximum Gasteiger partial charge on any atom is 0.125 e. The number of nitrogens with one attached hydrogen (secondary N) is 1. The largest absolute Gasteiger partial charge is 0.507 e. The van der Waals surface area contributed by atoms with Gasteiger partial charge in [-0.15, -0.1) is 0 Å². The predicted octanol–water partition coefficient (Wildman–Crippen LogP) is 4.16. The number of aromatic nitrogens is 1. The Morgan fingerprint density at radius 1 is 0.889 bits per heavy atom. The number of hydrogen-bond donors (Lipinski definition) is 2. The number of phenolic OH excluding ortho intramolecular Hbond substituents is 1. The Balaban J connectivity index is 2.19. The lowest BCUT2D eigenvalue weighted by Crippen LogP contribution is -1.80. The van der Waals surface area contributed by atoms with Gasteiger partial charge in [0.15, 0.2) is 0 Å². The van der Waals surface area contributed by atoms with Crippen molar-refractivity contribution in [2.75, 3.05) is 0 Å². The van der Waals surface area contributed by atoms with E-state index in [0.717, 1.165) is 22.3 Å². The molecule has 0 aliphatic heterocycles. The number of aromatic amines is 1. The van der Waals surface area contributed by atoms with Crippen molar-refractivity contribution in [3.05, 3.63) is 53.6 Å². The maximum absolute atomic E-state index is 10.0. The minimum absolute atomic E-state index is 0.318. The molecule has 0 fully saturated rings. The van der Waals surface area contributed by atoms with Crippen LogP contribution in [-0.4, -0.2) is 10.1 Å². The van der Waals surface area contributed by atoms with Gasteiger partial charge in [-0.3, -0.25) is 0 Å². The van der Waals surface area contributed by atoms with Crippen molar-refractivity contribution in [1.29, 1.82) is 0 Å². The Morgan fingerprint density at radius 2 is 1.61 bits per heavy atom. The van der Waals surface area contributed by atoms with Crippen LogP contribution in [0.3, 0.4) is 0 Å². The number of hydrogen-bond acceptors (Lipinski definition) is 1. The second-order valence-corrected chi connectivity index (χ2v) is 4.79. The third-order valence-corrected chi connectivity index (χ3v) is 3.22. The molecule has 90 valence electrons. The van der Waals surface area contributed by atoms with Crippen molar-refractivity contribution >= 4 is 10.9 Å². The molecule has 3 rings (SSSR count). The van der Waals surface area contributed by atoms with E-state index in [2.05, 4.69) is 36.2 Å². The normalized spacial score (nSPS) is 11.0. The lowest BCUT2D eigenvalue weighted by atomic mass is 10.1. The molecule has 0 unspecified atom stereocenters. The van der Waals surface area contributed by atoms with Crippen molar-refractivity contribution in [1.82, 2.24) is 4.98 Å². The SMILES string of the molecule is Cc1ccc(-c2cc3cc(C)ccc3[nH]2)c(O)c1. The highest BCUT2D eigenvalue weighted by atomic mass is 16.3. The highest BCUT2D eigenvalue weighted by Gasteiger charge is 2.07. The summed E-state index contributed by atoms with van der Waals surface area (Å²) in [7, 11) is 0. The first-order valence-corrected chi connectivity index (χ1v) is 6.03. The van der Waals surface area contributed by atoms with Crippen LogP contribution in [0, 0.1) is 13.8 Å². The summed E-state index contributed by atoms with van der Waals surface area (Å²) in [6.45, 7) is 4.05. The first-order valence-electron chi connectivity index (χ1n) is 6.03. The molecule has 1 aromatic heterocycles. The minimum Gasteiger partial charge on any atom is -0.507 e. The van der Waals surface area contributed by atoms with Crippen LogP contribution in [-0.2, 0) is 0 Å². The molecule has 0 bridgehead atoms. The van der Waals surface area contributed by atoms with E-state index in [1.807, 2.05) is 19.1 Å². The second kappa shape index (κ2) is 3.91. The van der Waals surface area contributed by atoms with Crippen LogP contribution in [0.5, 0.6) is 5.75 Å². The van der Waals surface area contributed by atoms with Gasteiger partial charge >= 0.3 is 0 Å². The fraction of sp³-hybridized carbons (Fsp3) is 0.125. The van der Waals surface area contributed by atoms with Gasteiger partial charge in [-0.05, 0) is 49.7 Å². The summed E-state index contributed by atoms with van der Waals surface area (Å²) in [5, 5.41) is 11.2. The smallest absolute Gasteiger partial charge is 0.125 e. The number of phenols is 1. The molecule has 0 spiro atoms. The monoisotopic (exact) mass is 237 g/mol. The van der Waals surface area contributed by atoms with E-state index in [1.165, 1.54) is 10.9 Å². The van der Waals surface area contributed by atoms with Crippen LogP contribution < -0.4 is 0 Å². The van der Waals surface area contributed by atoms with Crippen LogP contribution in [0.1, 0.15) is 11.1 Å². The van der Waals surface area contributed by atoms with Gasteiger partial charge in [-0.2, -0.15) is 0 Å². The quantitative estimate of drug-likeness (QED) is 0.655. The number of fused-ring (bicyclic) bond motifs is 1. The summed E-state index contributed by atoms with van der Waals surface area (Å²) in [6.07, 6.45) is 0. The summed E-state index contributed by atoms with van der Waals surface area (Å²) in [5.41, 5.74) is 5.18. The molecule has 2 aromatic carbocycles. The van der Waals surface area contributed by atoms with E-state index in [9.17, 15) is 5.11 Å². The summed E-state index contributed by atoms with van der Waals surface area (Å²) >= 11 is 0. The van der Waals surface area contributed by atoms with Crippen molar-refractivity contribution in [3.8, 4) is 17.0 Å². The molecule has 0 amide bonds. The number of H-pyrrole nitrogens is 1. The van der Waals surface area contributed by atoms with E-state index < -0.39 is 0 Å². The molecule has 18 heavy (non-hydrogen) atoms. The molecule has 0 aliphatic rings. The van der Waals surface area contributed by atoms with E-state index in [1.54, 1.807) is 6.07 Å². The molecule has 1 heterocycles.